The van der Waals surface area contributed by atoms with Crippen LogP contribution in [-0.4, -0.2) is 39.7 Å². The Morgan fingerprint density at radius 3 is 2.66 bits per heavy atom. The average molecular weight is 516 g/mol. The summed E-state index contributed by atoms with van der Waals surface area (Å²) in [6.45, 7) is 16.0. The first-order valence-electron chi connectivity index (χ1n) is 12.3. The third-order valence-electron chi connectivity index (χ3n) is 7.90. The zero-order valence-electron chi connectivity index (χ0n) is 21.4. The molecule has 1 saturated heterocycles. The maximum absolute atomic E-state index is 13.8. The number of hydrogen-bond donors (Lipinski definition) is 1. The number of hydrogen-bond acceptors (Lipinski definition) is 3. The molecule has 4 rings (SSSR count). The number of nitrogens with one attached hydrogen (secondary N) is 1. The predicted molar refractivity (Wildman–Crippen MR) is 146 cm³/mol. The highest BCUT2D eigenvalue weighted by atomic mass is 35.5. The van der Waals surface area contributed by atoms with Crippen LogP contribution in [0.25, 0.3) is 0 Å². The summed E-state index contributed by atoms with van der Waals surface area (Å²) >= 11 is 12.4. The first-order chi connectivity index (χ1) is 16.5. The highest BCUT2D eigenvalue weighted by Gasteiger charge is 2.55. The van der Waals surface area contributed by atoms with Gasteiger partial charge in [-0.1, -0.05) is 53.6 Å². The fourth-order valence-electron chi connectivity index (χ4n) is 5.78. The summed E-state index contributed by atoms with van der Waals surface area (Å²) in [6.07, 6.45) is 14.6. The Labute approximate surface area is 219 Å². The van der Waals surface area contributed by atoms with Crippen molar-refractivity contribution in [2.45, 2.75) is 65.5 Å². The second-order valence-corrected chi connectivity index (χ2v) is 11.9. The number of aromatic nitrogens is 2. The number of likely N-dealkylation sites (tertiary alicyclic amines) is 1. The van der Waals surface area contributed by atoms with Crippen LogP contribution >= 0.6 is 23.2 Å². The van der Waals surface area contributed by atoms with E-state index in [1.54, 1.807) is 19.2 Å². The van der Waals surface area contributed by atoms with Crippen LogP contribution in [-0.2, 0) is 5.54 Å². The molecule has 2 aliphatic heterocycles. The monoisotopic (exact) mass is 514 g/mol. The minimum absolute atomic E-state index is 0.0263. The number of nitrogens with zero attached hydrogens (tertiary/aromatic N) is 3. The second-order valence-electron chi connectivity index (χ2n) is 10.8. The maximum Gasteiger partial charge on any atom is 0.259 e. The van der Waals surface area contributed by atoms with Crippen molar-refractivity contribution in [1.29, 1.82) is 0 Å². The van der Waals surface area contributed by atoms with Crippen molar-refractivity contribution in [2.75, 3.05) is 18.4 Å². The molecule has 1 saturated carbocycles. The maximum atomic E-state index is 13.8. The van der Waals surface area contributed by atoms with E-state index in [0.717, 1.165) is 37.2 Å². The number of amides is 1. The van der Waals surface area contributed by atoms with Crippen LogP contribution in [0.15, 0.2) is 64.4 Å². The minimum Gasteiger partial charge on any atom is -0.363 e. The first-order valence-corrected chi connectivity index (χ1v) is 13.1. The lowest BCUT2D eigenvalue weighted by Gasteiger charge is -2.44. The highest BCUT2D eigenvalue weighted by molar-refractivity contribution is 6.34. The molecule has 0 bridgehead atoms. The third-order valence-corrected chi connectivity index (χ3v) is 8.23. The molecule has 7 heteroatoms. The van der Waals surface area contributed by atoms with E-state index in [0.29, 0.717) is 28.1 Å². The summed E-state index contributed by atoms with van der Waals surface area (Å²) in [5.74, 6) is 1.23. The van der Waals surface area contributed by atoms with E-state index in [2.05, 4.69) is 49.9 Å². The van der Waals surface area contributed by atoms with Crippen LogP contribution in [0.1, 0.15) is 64.2 Å². The second kappa shape index (κ2) is 9.67. The van der Waals surface area contributed by atoms with E-state index in [1.165, 1.54) is 5.57 Å². The van der Waals surface area contributed by atoms with E-state index < -0.39 is 0 Å². The van der Waals surface area contributed by atoms with Gasteiger partial charge in [-0.15, -0.1) is 0 Å². The van der Waals surface area contributed by atoms with E-state index in [1.807, 2.05) is 28.7 Å². The van der Waals surface area contributed by atoms with Gasteiger partial charge in [-0.25, -0.2) is 4.68 Å². The van der Waals surface area contributed by atoms with Gasteiger partial charge in [0.25, 0.3) is 5.91 Å². The van der Waals surface area contributed by atoms with Gasteiger partial charge < -0.3 is 10.2 Å². The predicted octanol–water partition coefficient (Wildman–Crippen LogP) is 7.00. The summed E-state index contributed by atoms with van der Waals surface area (Å²) in [5.41, 5.74) is 2.53. The Balaban J connectivity index is 1.58. The van der Waals surface area contributed by atoms with Crippen LogP contribution in [0.2, 0.25) is 0 Å². The molecule has 0 aromatic carbocycles. The number of allylic oxidation sites excluding steroid dienone is 7. The van der Waals surface area contributed by atoms with Crippen molar-refractivity contribution < 1.29 is 4.79 Å². The summed E-state index contributed by atoms with van der Waals surface area (Å²) in [7, 11) is 0. The molecule has 1 aromatic rings. The quantitative estimate of drug-likeness (QED) is 0.415. The zero-order chi connectivity index (χ0) is 25.5. The Hall–Kier alpha value is -2.24. The van der Waals surface area contributed by atoms with Gasteiger partial charge >= 0.3 is 0 Å². The summed E-state index contributed by atoms with van der Waals surface area (Å²) in [5, 5.41) is 9.45. The molecular formula is C28H36Cl2N4O. The molecule has 1 N–H and O–H groups in total. The first kappa shape index (κ1) is 25.8. The van der Waals surface area contributed by atoms with Gasteiger partial charge in [0.2, 0.25) is 0 Å². The molecule has 5 nitrogen and oxygen atoms in total. The Morgan fingerprint density at radius 2 is 2.03 bits per heavy atom. The van der Waals surface area contributed by atoms with E-state index in [4.69, 9.17) is 23.2 Å². The number of fused-ring (bicyclic) bond motifs is 2. The third kappa shape index (κ3) is 4.77. The highest BCUT2D eigenvalue weighted by Crippen LogP contribution is 2.57. The van der Waals surface area contributed by atoms with Gasteiger partial charge in [-0.3, -0.25) is 4.79 Å². The molecule has 3 atom stereocenters. The molecule has 35 heavy (non-hydrogen) atoms. The lowest BCUT2D eigenvalue weighted by molar-refractivity contribution is 0.0779. The van der Waals surface area contributed by atoms with Crippen LogP contribution < -0.4 is 5.32 Å². The zero-order valence-corrected chi connectivity index (χ0v) is 22.9. The molecule has 0 spiro atoms. The average Bonchev–Trinajstić information content (AvgIpc) is 3.30. The van der Waals surface area contributed by atoms with Gasteiger partial charge in [0.05, 0.1) is 17.8 Å². The van der Waals surface area contributed by atoms with Crippen LogP contribution in [0.4, 0.5) is 5.82 Å². The van der Waals surface area contributed by atoms with Gasteiger partial charge in [-0.2, -0.15) is 5.10 Å². The fourth-order valence-corrected chi connectivity index (χ4v) is 6.25. The van der Waals surface area contributed by atoms with Crippen molar-refractivity contribution in [3.8, 4) is 0 Å². The number of carbonyl (C=O) groups is 1. The van der Waals surface area contributed by atoms with Crippen LogP contribution in [0, 0.1) is 11.3 Å². The van der Waals surface area contributed by atoms with Gasteiger partial charge in [0, 0.05) is 28.6 Å². The molecule has 1 amide bonds. The van der Waals surface area contributed by atoms with Crippen molar-refractivity contribution >= 4 is 34.9 Å². The molecular weight excluding hydrogens is 479 g/mol. The van der Waals surface area contributed by atoms with Crippen molar-refractivity contribution in [3.05, 3.63) is 69.9 Å². The number of halogens is 2. The largest absolute Gasteiger partial charge is 0.363 e. The van der Waals surface area contributed by atoms with Crippen LogP contribution in [0.5, 0.6) is 0 Å². The van der Waals surface area contributed by atoms with Gasteiger partial charge in [-0.05, 0) is 77.5 Å². The lowest BCUT2D eigenvalue weighted by atomic mass is 9.58. The minimum atomic E-state index is -0.204. The summed E-state index contributed by atoms with van der Waals surface area (Å²) in [6, 6.07) is 0.142. The van der Waals surface area contributed by atoms with Crippen molar-refractivity contribution in [3.63, 3.8) is 0 Å². The Bertz CT molecular complexity index is 1150. The van der Waals surface area contributed by atoms with Gasteiger partial charge in [0.1, 0.15) is 11.4 Å². The number of rotatable bonds is 6. The van der Waals surface area contributed by atoms with E-state index in [9.17, 15) is 4.79 Å². The Morgan fingerprint density at radius 1 is 1.29 bits per heavy atom. The van der Waals surface area contributed by atoms with Gasteiger partial charge in [0.15, 0.2) is 0 Å². The standard InChI is InChI=1S/C28H36Cl2N4O/c1-7-8-9-18(2)24-14-27(5,6)34-25(32-24)23(15-31-34)26(35)33-16-21-10-11-28(21,17-33)19(3)12-22(30)13-20(4)29/h7-9,12-13,15,21,24,32H,3,10-11,14,16-17H2,1-2,4-6H3/b8-7-,18-9+,20-13+,22-12+. The van der Waals surface area contributed by atoms with E-state index in [-0.39, 0.29) is 22.9 Å². The summed E-state index contributed by atoms with van der Waals surface area (Å²) in [4.78, 5) is 15.8. The topological polar surface area (TPSA) is 50.2 Å². The number of carbonyl (C=O) groups excluding carboxylic acids is 1. The fraction of sp³-hybridized carbons (Fsp3) is 0.500. The SMILES string of the molecule is C=C(/C=C(Cl)\C=C(/C)Cl)C12CCC1CN(C(=O)c1cnn3c1NC(/C(C)=C/C=C\C)CC3(C)C)C2. The molecule has 3 unspecified atom stereocenters. The van der Waals surface area contributed by atoms with Crippen molar-refractivity contribution in [2.24, 2.45) is 11.3 Å². The molecule has 0 radical (unpaired) electrons. The number of anilines is 1. The normalized spacial score (nSPS) is 28.4. The Kier molecular flexibility index (Phi) is 7.14. The molecule has 3 heterocycles. The van der Waals surface area contributed by atoms with E-state index >= 15 is 0 Å². The van der Waals surface area contributed by atoms with Crippen molar-refractivity contribution in [1.82, 2.24) is 14.7 Å². The molecule has 1 aliphatic carbocycles. The van der Waals surface area contributed by atoms with Crippen LogP contribution in [0.3, 0.4) is 0 Å². The summed E-state index contributed by atoms with van der Waals surface area (Å²) < 4.78 is 1.97. The molecule has 3 aliphatic rings. The molecule has 2 fully saturated rings. The molecule has 1 aromatic heterocycles. The smallest absolute Gasteiger partial charge is 0.259 e. The lowest BCUT2D eigenvalue weighted by Crippen LogP contribution is -2.43. The molecule has 188 valence electrons.